The largest absolute Gasteiger partial charge is 0.364 e. The van der Waals surface area contributed by atoms with Gasteiger partial charge >= 0.3 is 0 Å². The second-order valence-corrected chi connectivity index (χ2v) is 10.4. The summed E-state index contributed by atoms with van der Waals surface area (Å²) in [5.41, 5.74) is 1.87. The Bertz CT molecular complexity index is 1320. The molecule has 1 aliphatic rings. The molecule has 34 heavy (non-hydrogen) atoms. The molecule has 0 atom stereocenters. The number of anilines is 2. The first-order valence-corrected chi connectivity index (χ1v) is 12.1. The number of nitrogens with zero attached hydrogens (tertiary/aromatic N) is 5. The van der Waals surface area contributed by atoms with Crippen LogP contribution in [0.4, 0.5) is 15.3 Å². The van der Waals surface area contributed by atoms with Gasteiger partial charge in [-0.05, 0) is 45.0 Å². The van der Waals surface area contributed by atoms with Crippen molar-refractivity contribution in [1.82, 2.24) is 19.5 Å². The molecular formula is C25H27FN6OS. The van der Waals surface area contributed by atoms with Crippen LogP contribution in [0.2, 0.25) is 0 Å². The number of fused-ring (bicyclic) bond motifs is 1. The van der Waals surface area contributed by atoms with Gasteiger partial charge in [0.2, 0.25) is 10.1 Å². The van der Waals surface area contributed by atoms with E-state index in [1.54, 1.807) is 6.07 Å². The van der Waals surface area contributed by atoms with Crippen LogP contribution in [-0.2, 0) is 0 Å². The first-order valence-electron chi connectivity index (χ1n) is 11.3. The molecule has 9 heteroatoms. The number of amides is 1. The topological polar surface area (TPSA) is 65.8 Å². The normalized spacial score (nSPS) is 14.6. The lowest BCUT2D eigenvalue weighted by Gasteiger charge is -2.34. The Morgan fingerprint density at radius 3 is 2.44 bits per heavy atom. The van der Waals surface area contributed by atoms with E-state index in [0.29, 0.717) is 43.0 Å². The molecule has 0 spiro atoms. The van der Waals surface area contributed by atoms with E-state index in [2.05, 4.69) is 31.0 Å². The predicted molar refractivity (Wildman–Crippen MR) is 134 cm³/mol. The summed E-state index contributed by atoms with van der Waals surface area (Å²) in [6.45, 7) is 8.88. The minimum absolute atomic E-state index is 0.0607. The molecule has 1 amide bonds. The van der Waals surface area contributed by atoms with Gasteiger partial charge in [-0.3, -0.25) is 4.79 Å². The zero-order valence-corrected chi connectivity index (χ0v) is 20.3. The third-order valence-corrected chi connectivity index (χ3v) is 6.61. The van der Waals surface area contributed by atoms with Gasteiger partial charge in [0, 0.05) is 42.8 Å². The van der Waals surface area contributed by atoms with Gasteiger partial charge in [0.1, 0.15) is 11.5 Å². The highest BCUT2D eigenvalue weighted by Gasteiger charge is 2.27. The summed E-state index contributed by atoms with van der Waals surface area (Å²) in [4.78, 5) is 22.4. The molecule has 1 aliphatic heterocycles. The van der Waals surface area contributed by atoms with Crippen LogP contribution in [0.15, 0.2) is 54.6 Å². The summed E-state index contributed by atoms with van der Waals surface area (Å²) in [5, 5.41) is 9.21. The number of halogens is 1. The van der Waals surface area contributed by atoms with Crippen molar-refractivity contribution in [3.63, 3.8) is 0 Å². The highest BCUT2D eigenvalue weighted by atomic mass is 32.1. The highest BCUT2D eigenvalue weighted by molar-refractivity contribution is 7.20. The molecule has 1 N–H and O–H groups in total. The highest BCUT2D eigenvalue weighted by Crippen LogP contribution is 2.35. The van der Waals surface area contributed by atoms with Crippen LogP contribution >= 0.6 is 11.3 Å². The molecule has 0 radical (unpaired) electrons. The number of hydrogen-bond acceptors (Lipinski definition) is 6. The Balaban J connectivity index is 1.40. The predicted octanol–water partition coefficient (Wildman–Crippen LogP) is 4.77. The Morgan fingerprint density at radius 2 is 1.76 bits per heavy atom. The summed E-state index contributed by atoms with van der Waals surface area (Å²) in [5.74, 6) is 0.506. The summed E-state index contributed by atoms with van der Waals surface area (Å²) >= 11 is 1.50. The van der Waals surface area contributed by atoms with Crippen molar-refractivity contribution < 1.29 is 9.18 Å². The molecule has 0 aliphatic carbocycles. The number of carbonyl (C=O) groups excluding carboxylic acids is 1. The smallest absolute Gasteiger partial charge is 0.253 e. The molecule has 2 aromatic heterocycles. The zero-order chi connectivity index (χ0) is 23.9. The molecule has 176 valence electrons. The summed E-state index contributed by atoms with van der Waals surface area (Å²) in [6.07, 6.45) is 0. The number of imidazole rings is 1. The van der Waals surface area contributed by atoms with E-state index in [1.807, 2.05) is 45.8 Å². The van der Waals surface area contributed by atoms with Gasteiger partial charge in [-0.15, -0.1) is 5.10 Å². The van der Waals surface area contributed by atoms with Gasteiger partial charge in [-0.2, -0.15) is 4.52 Å². The van der Waals surface area contributed by atoms with E-state index in [1.165, 1.54) is 23.5 Å². The van der Waals surface area contributed by atoms with Gasteiger partial charge in [0.15, 0.2) is 5.82 Å². The Kier molecular flexibility index (Phi) is 5.73. The monoisotopic (exact) mass is 478 g/mol. The molecule has 2 aromatic carbocycles. The average Bonchev–Trinajstić information content (AvgIpc) is 3.38. The molecule has 0 bridgehead atoms. The average molecular weight is 479 g/mol. The number of aromatic nitrogens is 3. The molecule has 3 heterocycles. The van der Waals surface area contributed by atoms with Crippen LogP contribution in [0.3, 0.4) is 0 Å². The lowest BCUT2D eigenvalue weighted by Crippen LogP contribution is -2.48. The molecular weight excluding hydrogens is 451 g/mol. The van der Waals surface area contributed by atoms with E-state index >= 15 is 0 Å². The number of hydrogen-bond donors (Lipinski definition) is 1. The van der Waals surface area contributed by atoms with E-state index in [9.17, 15) is 9.18 Å². The van der Waals surface area contributed by atoms with Gasteiger partial charge in [0.25, 0.3) is 5.91 Å². The molecule has 0 saturated carbocycles. The van der Waals surface area contributed by atoms with Crippen LogP contribution in [0.1, 0.15) is 31.1 Å². The molecule has 1 saturated heterocycles. The Labute approximate surface area is 201 Å². The van der Waals surface area contributed by atoms with E-state index in [-0.39, 0.29) is 17.3 Å². The lowest BCUT2D eigenvalue weighted by atomic mass is 10.1. The third kappa shape index (κ3) is 4.48. The lowest BCUT2D eigenvalue weighted by molar-refractivity contribution is 0.0746. The molecule has 1 fully saturated rings. The first-order chi connectivity index (χ1) is 16.3. The van der Waals surface area contributed by atoms with Gasteiger partial charge in [-0.1, -0.05) is 41.7 Å². The number of piperazine rings is 1. The van der Waals surface area contributed by atoms with Crippen LogP contribution in [0.25, 0.3) is 16.2 Å². The number of nitrogens with one attached hydrogen (secondary N) is 1. The number of carbonyl (C=O) groups is 1. The van der Waals surface area contributed by atoms with Crippen molar-refractivity contribution in [3.05, 3.63) is 66.0 Å². The van der Waals surface area contributed by atoms with E-state index < -0.39 is 0 Å². The van der Waals surface area contributed by atoms with Crippen molar-refractivity contribution in [3.8, 4) is 11.3 Å². The van der Waals surface area contributed by atoms with Crippen molar-refractivity contribution >= 4 is 33.2 Å². The zero-order valence-electron chi connectivity index (χ0n) is 19.5. The third-order valence-electron chi connectivity index (χ3n) is 5.64. The van der Waals surface area contributed by atoms with Crippen LogP contribution < -0.4 is 10.2 Å². The maximum atomic E-state index is 13.9. The minimum atomic E-state index is -0.299. The number of rotatable bonds is 4. The minimum Gasteiger partial charge on any atom is -0.364 e. The van der Waals surface area contributed by atoms with E-state index in [0.717, 1.165) is 15.9 Å². The fourth-order valence-electron chi connectivity index (χ4n) is 4.03. The van der Waals surface area contributed by atoms with E-state index in [4.69, 9.17) is 10.1 Å². The van der Waals surface area contributed by atoms with Crippen LogP contribution in [0.5, 0.6) is 0 Å². The molecule has 4 aromatic rings. The molecule has 7 nitrogen and oxygen atoms in total. The molecule has 5 rings (SSSR count). The quantitative estimate of drug-likeness (QED) is 0.458. The van der Waals surface area contributed by atoms with Crippen molar-refractivity contribution in [2.45, 2.75) is 26.3 Å². The second kappa shape index (κ2) is 8.72. The number of benzene rings is 2. The van der Waals surface area contributed by atoms with Crippen molar-refractivity contribution in [1.29, 1.82) is 0 Å². The maximum Gasteiger partial charge on any atom is 0.253 e. The fraction of sp³-hybridized carbons (Fsp3) is 0.320. The summed E-state index contributed by atoms with van der Waals surface area (Å²) in [6, 6.07) is 15.8. The van der Waals surface area contributed by atoms with Gasteiger partial charge < -0.3 is 15.1 Å². The second-order valence-electron chi connectivity index (χ2n) is 9.42. The van der Waals surface area contributed by atoms with Crippen LogP contribution in [-0.4, -0.2) is 57.1 Å². The fourth-order valence-corrected chi connectivity index (χ4v) is 4.99. The SMILES string of the molecule is CC(C)(C)Nc1c(-c2cccc(F)c2)nc2sc(N3CCN(C(=O)c4ccccc4)CC3)nn12. The Morgan fingerprint density at radius 1 is 1.03 bits per heavy atom. The standard InChI is InChI=1S/C25H27FN6OS/c1-25(2,3)28-21-20(18-10-7-11-19(26)16-18)27-23-32(21)29-24(34-23)31-14-12-30(13-15-31)22(33)17-8-5-4-6-9-17/h4-11,16,28H,12-15H2,1-3H3. The summed E-state index contributed by atoms with van der Waals surface area (Å²) < 4.78 is 15.7. The maximum absolute atomic E-state index is 13.9. The van der Waals surface area contributed by atoms with Crippen molar-refractivity contribution in [2.75, 3.05) is 36.4 Å². The Hall–Kier alpha value is -3.46. The first kappa shape index (κ1) is 22.3. The summed E-state index contributed by atoms with van der Waals surface area (Å²) in [7, 11) is 0. The van der Waals surface area contributed by atoms with Crippen LogP contribution in [0, 0.1) is 5.82 Å². The van der Waals surface area contributed by atoms with Crippen molar-refractivity contribution in [2.24, 2.45) is 0 Å². The van der Waals surface area contributed by atoms with Gasteiger partial charge in [0.05, 0.1) is 0 Å². The molecule has 0 unspecified atom stereocenters. The van der Waals surface area contributed by atoms with Gasteiger partial charge in [-0.25, -0.2) is 9.37 Å².